The average Bonchev–Trinajstić information content (AvgIpc) is 2.24. The zero-order chi connectivity index (χ0) is 13.0. The van der Waals surface area contributed by atoms with Crippen LogP contribution in [0.5, 0.6) is 0 Å². The Morgan fingerprint density at radius 3 is 2.41 bits per heavy atom. The Labute approximate surface area is 111 Å². The molecule has 0 radical (unpaired) electrons. The molecule has 1 unspecified atom stereocenters. The Morgan fingerprint density at radius 1 is 1.29 bits per heavy atom. The lowest BCUT2D eigenvalue weighted by Gasteiger charge is -2.31. The highest BCUT2D eigenvalue weighted by molar-refractivity contribution is 9.10. The van der Waals surface area contributed by atoms with Crippen LogP contribution >= 0.6 is 15.9 Å². The Kier molecular flexibility index (Phi) is 5.43. The summed E-state index contributed by atoms with van der Waals surface area (Å²) in [6.07, 6.45) is -0.516. The smallest absolute Gasteiger partial charge is 0.0782 e. The van der Waals surface area contributed by atoms with Crippen molar-refractivity contribution in [1.29, 1.82) is 0 Å². The molecule has 0 bridgehead atoms. The summed E-state index contributed by atoms with van der Waals surface area (Å²) in [4.78, 5) is 2.09. The molecule has 0 fully saturated rings. The van der Waals surface area contributed by atoms with Crippen molar-refractivity contribution in [2.45, 2.75) is 32.9 Å². The molecule has 4 heteroatoms. The maximum atomic E-state index is 9.79. The topological polar surface area (TPSA) is 43.7 Å². The van der Waals surface area contributed by atoms with Crippen LogP contribution in [-0.2, 0) is 0 Å². The van der Waals surface area contributed by atoms with Gasteiger partial charge in [-0.3, -0.25) is 0 Å². The molecule has 96 valence electrons. The van der Waals surface area contributed by atoms with E-state index in [2.05, 4.69) is 34.7 Å². The van der Waals surface area contributed by atoms with E-state index in [1.165, 1.54) is 0 Å². The Balaban J connectivity index is 3.19. The monoisotopic (exact) mass is 301 g/mol. The minimum atomic E-state index is -0.516. The summed E-state index contributed by atoms with van der Waals surface area (Å²) in [5.41, 5.74) is 1.86. The van der Waals surface area contributed by atoms with Crippen molar-refractivity contribution in [3.8, 4) is 0 Å². The third-order valence-corrected chi connectivity index (χ3v) is 3.21. The largest absolute Gasteiger partial charge is 0.395 e. The van der Waals surface area contributed by atoms with Crippen LogP contribution in [0.4, 0.5) is 5.69 Å². The molecule has 0 spiro atoms. The highest BCUT2D eigenvalue weighted by atomic mass is 79.9. The van der Waals surface area contributed by atoms with E-state index in [9.17, 15) is 5.11 Å². The summed E-state index contributed by atoms with van der Waals surface area (Å²) >= 11 is 3.44. The molecular formula is C13H20BrNO2. The number of benzene rings is 1. The van der Waals surface area contributed by atoms with Gasteiger partial charge in [-0.05, 0) is 32.9 Å². The quantitative estimate of drug-likeness (QED) is 0.879. The van der Waals surface area contributed by atoms with E-state index < -0.39 is 6.10 Å². The molecule has 3 nitrogen and oxygen atoms in total. The predicted octanol–water partition coefficient (Wildman–Crippen LogP) is 2.71. The summed E-state index contributed by atoms with van der Waals surface area (Å²) in [6, 6.07) is 6.09. The van der Waals surface area contributed by atoms with Gasteiger partial charge in [0.15, 0.2) is 0 Å². The van der Waals surface area contributed by atoms with E-state index >= 15 is 0 Å². The van der Waals surface area contributed by atoms with Crippen LogP contribution < -0.4 is 4.90 Å². The Bertz CT molecular complexity index is 366. The van der Waals surface area contributed by atoms with Gasteiger partial charge in [-0.15, -0.1) is 0 Å². The van der Waals surface area contributed by atoms with E-state index in [0.29, 0.717) is 6.54 Å². The number of anilines is 1. The van der Waals surface area contributed by atoms with Gasteiger partial charge in [0.25, 0.3) is 0 Å². The van der Waals surface area contributed by atoms with E-state index in [0.717, 1.165) is 15.7 Å². The van der Waals surface area contributed by atoms with Crippen molar-refractivity contribution in [2.24, 2.45) is 0 Å². The molecule has 0 saturated carbocycles. The summed E-state index contributed by atoms with van der Waals surface area (Å²) < 4.78 is 0.973. The van der Waals surface area contributed by atoms with E-state index in [-0.39, 0.29) is 12.6 Å². The fourth-order valence-electron chi connectivity index (χ4n) is 1.88. The maximum Gasteiger partial charge on any atom is 0.0782 e. The maximum absolute atomic E-state index is 9.79. The van der Waals surface area contributed by atoms with E-state index in [4.69, 9.17) is 5.11 Å². The van der Waals surface area contributed by atoms with Crippen molar-refractivity contribution in [2.75, 3.05) is 18.1 Å². The number of nitrogens with zero attached hydrogens (tertiary/aromatic N) is 1. The summed E-state index contributed by atoms with van der Waals surface area (Å²) in [6.45, 7) is 6.56. The number of halogens is 1. The second kappa shape index (κ2) is 6.38. The lowest BCUT2D eigenvalue weighted by Crippen LogP contribution is -2.34. The Hall–Kier alpha value is -0.580. The van der Waals surface area contributed by atoms with E-state index in [1.807, 2.05) is 18.2 Å². The molecule has 0 amide bonds. The predicted molar refractivity (Wildman–Crippen MR) is 74.3 cm³/mol. The van der Waals surface area contributed by atoms with Gasteiger partial charge in [0, 0.05) is 28.3 Å². The minimum absolute atomic E-state index is 0.101. The van der Waals surface area contributed by atoms with Crippen molar-refractivity contribution >= 4 is 21.6 Å². The lowest BCUT2D eigenvalue weighted by molar-refractivity contribution is 0.199. The van der Waals surface area contributed by atoms with Gasteiger partial charge in [-0.25, -0.2) is 0 Å². The van der Waals surface area contributed by atoms with Crippen molar-refractivity contribution in [3.05, 3.63) is 28.2 Å². The first-order valence-electron chi connectivity index (χ1n) is 5.82. The van der Waals surface area contributed by atoms with Gasteiger partial charge in [0.1, 0.15) is 0 Å². The molecule has 17 heavy (non-hydrogen) atoms. The second-order valence-corrected chi connectivity index (χ2v) is 5.31. The SMILES string of the molecule is CC(O)c1ccc(Br)cc1N(CCO)C(C)C. The molecule has 1 rings (SSSR count). The van der Waals surface area contributed by atoms with Crippen LogP contribution in [-0.4, -0.2) is 29.4 Å². The van der Waals surface area contributed by atoms with Crippen LogP contribution in [0.3, 0.4) is 0 Å². The summed E-state index contributed by atoms with van der Waals surface area (Å²) in [5.74, 6) is 0. The number of rotatable bonds is 5. The molecule has 0 aliphatic carbocycles. The van der Waals surface area contributed by atoms with Crippen LogP contribution in [0.1, 0.15) is 32.4 Å². The molecule has 0 saturated heterocycles. The van der Waals surface area contributed by atoms with E-state index in [1.54, 1.807) is 6.92 Å². The normalized spacial score (nSPS) is 12.9. The van der Waals surface area contributed by atoms with Gasteiger partial charge < -0.3 is 15.1 Å². The third-order valence-electron chi connectivity index (χ3n) is 2.72. The molecule has 1 atom stereocenters. The van der Waals surface area contributed by atoms with Crippen LogP contribution in [0, 0.1) is 0 Å². The fourth-order valence-corrected chi connectivity index (χ4v) is 2.23. The molecule has 2 N–H and O–H groups in total. The van der Waals surface area contributed by atoms with Gasteiger partial charge in [0.2, 0.25) is 0 Å². The average molecular weight is 302 g/mol. The standard InChI is InChI=1S/C13H20BrNO2/c1-9(2)15(6-7-16)13-8-11(14)4-5-12(13)10(3)17/h4-5,8-10,16-17H,6-7H2,1-3H3. The van der Waals surface area contributed by atoms with Gasteiger partial charge in [-0.1, -0.05) is 22.0 Å². The van der Waals surface area contributed by atoms with Gasteiger partial charge >= 0.3 is 0 Å². The number of aliphatic hydroxyl groups is 2. The molecule has 0 aliphatic rings. The second-order valence-electron chi connectivity index (χ2n) is 4.39. The van der Waals surface area contributed by atoms with Crippen LogP contribution in [0.25, 0.3) is 0 Å². The van der Waals surface area contributed by atoms with Crippen LogP contribution in [0.15, 0.2) is 22.7 Å². The first kappa shape index (κ1) is 14.5. The highest BCUT2D eigenvalue weighted by Gasteiger charge is 2.16. The molecule has 0 aliphatic heterocycles. The highest BCUT2D eigenvalue weighted by Crippen LogP contribution is 2.30. The van der Waals surface area contributed by atoms with Crippen molar-refractivity contribution in [3.63, 3.8) is 0 Å². The lowest BCUT2D eigenvalue weighted by atomic mass is 10.1. The summed E-state index contributed by atoms with van der Waals surface area (Å²) in [5, 5.41) is 18.9. The molecule has 0 heterocycles. The van der Waals surface area contributed by atoms with Gasteiger partial charge in [-0.2, -0.15) is 0 Å². The fraction of sp³-hybridized carbons (Fsp3) is 0.538. The molecule has 0 aromatic heterocycles. The summed E-state index contributed by atoms with van der Waals surface area (Å²) in [7, 11) is 0. The number of hydrogen-bond donors (Lipinski definition) is 2. The van der Waals surface area contributed by atoms with Crippen molar-refractivity contribution in [1.82, 2.24) is 0 Å². The Morgan fingerprint density at radius 2 is 1.94 bits per heavy atom. The zero-order valence-corrected chi connectivity index (χ0v) is 12.1. The molecule has 1 aromatic carbocycles. The molecule has 1 aromatic rings. The first-order chi connectivity index (χ1) is 7.97. The zero-order valence-electron chi connectivity index (χ0n) is 10.5. The molecular weight excluding hydrogens is 282 g/mol. The van der Waals surface area contributed by atoms with Gasteiger partial charge in [0.05, 0.1) is 12.7 Å². The third kappa shape index (κ3) is 3.69. The number of hydrogen-bond acceptors (Lipinski definition) is 3. The minimum Gasteiger partial charge on any atom is -0.395 e. The van der Waals surface area contributed by atoms with Crippen LogP contribution in [0.2, 0.25) is 0 Å². The van der Waals surface area contributed by atoms with Crippen molar-refractivity contribution < 1.29 is 10.2 Å². The first-order valence-corrected chi connectivity index (χ1v) is 6.61. The number of aliphatic hydroxyl groups excluding tert-OH is 2.